The number of piperazine rings is 1. The van der Waals surface area contributed by atoms with Crippen LogP contribution in [0.25, 0.3) is 11.4 Å². The third-order valence-electron chi connectivity index (χ3n) is 7.07. The number of amides is 3. The molecule has 12 heteroatoms. The van der Waals surface area contributed by atoms with Crippen molar-refractivity contribution in [1.29, 1.82) is 0 Å². The van der Waals surface area contributed by atoms with Crippen LogP contribution < -0.4 is 10.6 Å². The van der Waals surface area contributed by atoms with E-state index >= 15 is 0 Å². The largest absolute Gasteiger partial charge is 0.481 e. The van der Waals surface area contributed by atoms with Gasteiger partial charge in [-0.05, 0) is 26.2 Å². The molecule has 1 aromatic heterocycles. The minimum absolute atomic E-state index is 0.0783. The molecule has 0 bridgehead atoms. The number of rotatable bonds is 10. The zero-order chi connectivity index (χ0) is 28.5. The number of carboxylic acids is 1. The first-order valence-electron chi connectivity index (χ1n) is 13.8. The fourth-order valence-corrected chi connectivity index (χ4v) is 4.94. The summed E-state index contributed by atoms with van der Waals surface area (Å²) in [6, 6.07) is 10.1. The molecule has 2 aromatic rings. The molecule has 1 aliphatic carbocycles. The zero-order valence-electron chi connectivity index (χ0n) is 22.7. The maximum atomic E-state index is 13.5. The third-order valence-corrected chi connectivity index (χ3v) is 7.07. The molecule has 1 unspecified atom stereocenters. The normalized spacial score (nSPS) is 16.3. The fourth-order valence-electron chi connectivity index (χ4n) is 4.94. The summed E-state index contributed by atoms with van der Waals surface area (Å²) in [6.45, 7) is 3.05. The monoisotopic (exact) mass is 552 g/mol. The Balaban J connectivity index is 1.52. The number of hydrogen-bond acceptors (Lipinski definition) is 8. The van der Waals surface area contributed by atoms with Crippen LogP contribution in [0.3, 0.4) is 0 Å². The van der Waals surface area contributed by atoms with Crippen molar-refractivity contribution in [2.75, 3.05) is 38.1 Å². The van der Waals surface area contributed by atoms with Crippen molar-refractivity contribution < 1.29 is 29.0 Å². The van der Waals surface area contributed by atoms with Crippen molar-refractivity contribution in [3.63, 3.8) is 0 Å². The zero-order valence-corrected chi connectivity index (χ0v) is 22.7. The lowest BCUT2D eigenvalue weighted by atomic mass is 10.1. The predicted molar refractivity (Wildman–Crippen MR) is 147 cm³/mol. The maximum absolute atomic E-state index is 13.5. The molecule has 1 atom stereocenters. The number of hydrogen-bond donors (Lipinski definition) is 3. The van der Waals surface area contributed by atoms with E-state index in [1.54, 1.807) is 13.0 Å². The Morgan fingerprint density at radius 2 is 1.70 bits per heavy atom. The SMILES string of the molecule is CCOC(=O)N1CCN(C(=O)C(CCC(=O)O)NC(=O)c2cc(NC3CCCC3)nc(-c3ccccc3)n2)CC1. The van der Waals surface area contributed by atoms with E-state index < -0.39 is 29.9 Å². The van der Waals surface area contributed by atoms with Crippen LogP contribution in [-0.2, 0) is 14.3 Å². The average molecular weight is 553 g/mol. The molecule has 0 spiro atoms. The van der Waals surface area contributed by atoms with E-state index in [4.69, 9.17) is 4.74 Å². The average Bonchev–Trinajstić information content (AvgIpc) is 3.48. The molecule has 2 aliphatic rings. The maximum Gasteiger partial charge on any atom is 0.409 e. The Labute approximate surface area is 233 Å². The van der Waals surface area contributed by atoms with Crippen LogP contribution in [0.2, 0.25) is 0 Å². The molecule has 12 nitrogen and oxygen atoms in total. The van der Waals surface area contributed by atoms with Crippen LogP contribution in [0.15, 0.2) is 36.4 Å². The van der Waals surface area contributed by atoms with Gasteiger partial charge in [0.05, 0.1) is 6.61 Å². The molecule has 0 radical (unpaired) electrons. The van der Waals surface area contributed by atoms with E-state index in [-0.39, 0.29) is 57.4 Å². The highest BCUT2D eigenvalue weighted by Gasteiger charge is 2.31. The lowest BCUT2D eigenvalue weighted by Crippen LogP contribution is -2.56. The number of aromatic nitrogens is 2. The quantitative estimate of drug-likeness (QED) is 0.404. The van der Waals surface area contributed by atoms with Crippen LogP contribution >= 0.6 is 0 Å². The highest BCUT2D eigenvalue weighted by atomic mass is 16.6. The van der Waals surface area contributed by atoms with Gasteiger partial charge in [-0.1, -0.05) is 43.2 Å². The summed E-state index contributed by atoms with van der Waals surface area (Å²) < 4.78 is 5.03. The summed E-state index contributed by atoms with van der Waals surface area (Å²) in [6.07, 6.45) is 3.47. The van der Waals surface area contributed by atoms with Crippen molar-refractivity contribution in [1.82, 2.24) is 25.1 Å². The van der Waals surface area contributed by atoms with Crippen LogP contribution in [0, 0.1) is 0 Å². The van der Waals surface area contributed by atoms with Gasteiger partial charge in [-0.15, -0.1) is 0 Å². The van der Waals surface area contributed by atoms with Gasteiger partial charge < -0.3 is 30.3 Å². The number of ether oxygens (including phenoxy) is 1. The van der Waals surface area contributed by atoms with Gasteiger partial charge in [-0.3, -0.25) is 14.4 Å². The van der Waals surface area contributed by atoms with E-state index in [2.05, 4.69) is 20.6 Å². The van der Waals surface area contributed by atoms with Crippen molar-refractivity contribution in [2.24, 2.45) is 0 Å². The molecule has 1 aliphatic heterocycles. The summed E-state index contributed by atoms with van der Waals surface area (Å²) in [5, 5.41) is 15.4. The lowest BCUT2D eigenvalue weighted by Gasteiger charge is -2.35. The first-order chi connectivity index (χ1) is 19.3. The van der Waals surface area contributed by atoms with Gasteiger partial charge >= 0.3 is 12.1 Å². The van der Waals surface area contributed by atoms with E-state index in [1.807, 2.05) is 30.3 Å². The Kier molecular flexibility index (Phi) is 9.87. The third kappa shape index (κ3) is 7.67. The van der Waals surface area contributed by atoms with Crippen molar-refractivity contribution in [3.05, 3.63) is 42.1 Å². The molecular weight excluding hydrogens is 516 g/mol. The molecule has 1 aromatic carbocycles. The molecule has 1 saturated carbocycles. The Morgan fingerprint density at radius 3 is 2.35 bits per heavy atom. The van der Waals surface area contributed by atoms with Gasteiger partial charge in [0.25, 0.3) is 5.91 Å². The molecule has 3 N–H and O–H groups in total. The number of carbonyl (C=O) groups is 4. The molecule has 3 amide bonds. The first kappa shape index (κ1) is 28.8. The summed E-state index contributed by atoms with van der Waals surface area (Å²) >= 11 is 0. The minimum Gasteiger partial charge on any atom is -0.481 e. The topological polar surface area (TPSA) is 154 Å². The number of carboxylic acid groups (broad SMARTS) is 1. The van der Waals surface area contributed by atoms with Crippen LogP contribution in [0.5, 0.6) is 0 Å². The molecule has 1 saturated heterocycles. The molecule has 40 heavy (non-hydrogen) atoms. The first-order valence-corrected chi connectivity index (χ1v) is 13.8. The second kappa shape index (κ2) is 13.7. The van der Waals surface area contributed by atoms with Gasteiger partial charge in [0.1, 0.15) is 17.6 Å². The highest BCUT2D eigenvalue weighted by molar-refractivity contribution is 5.97. The number of carbonyl (C=O) groups excluding carboxylic acids is 3. The molecule has 4 rings (SSSR count). The fraction of sp³-hybridized carbons (Fsp3) is 0.500. The predicted octanol–water partition coefficient (Wildman–Crippen LogP) is 2.76. The van der Waals surface area contributed by atoms with Gasteiger partial charge in [0, 0.05) is 50.3 Å². The number of nitrogens with zero attached hydrogens (tertiary/aromatic N) is 4. The summed E-state index contributed by atoms with van der Waals surface area (Å²) in [7, 11) is 0. The Bertz CT molecular complexity index is 1200. The van der Waals surface area contributed by atoms with Gasteiger partial charge in [-0.2, -0.15) is 0 Å². The number of nitrogens with one attached hydrogen (secondary N) is 2. The number of anilines is 1. The van der Waals surface area contributed by atoms with Crippen LogP contribution in [0.4, 0.5) is 10.6 Å². The minimum atomic E-state index is -1.07. The van der Waals surface area contributed by atoms with Crippen molar-refractivity contribution in [3.8, 4) is 11.4 Å². The molecule has 2 heterocycles. The number of aliphatic carboxylic acids is 1. The van der Waals surface area contributed by atoms with Crippen molar-refractivity contribution >= 4 is 29.7 Å². The molecular formula is C28H36N6O6. The van der Waals surface area contributed by atoms with E-state index in [1.165, 1.54) is 9.80 Å². The van der Waals surface area contributed by atoms with Gasteiger partial charge in [-0.25, -0.2) is 14.8 Å². The number of benzene rings is 1. The van der Waals surface area contributed by atoms with Crippen LogP contribution in [-0.4, -0.2) is 93.6 Å². The van der Waals surface area contributed by atoms with E-state index in [0.29, 0.717) is 11.6 Å². The Hall–Kier alpha value is -4.22. The summed E-state index contributed by atoms with van der Waals surface area (Å²) in [5.41, 5.74) is 0.819. The van der Waals surface area contributed by atoms with Crippen LogP contribution in [0.1, 0.15) is 55.9 Å². The second-order valence-electron chi connectivity index (χ2n) is 9.92. The van der Waals surface area contributed by atoms with Gasteiger partial charge in [0.15, 0.2) is 5.82 Å². The highest BCUT2D eigenvalue weighted by Crippen LogP contribution is 2.24. The van der Waals surface area contributed by atoms with E-state index in [0.717, 1.165) is 31.2 Å². The summed E-state index contributed by atoms with van der Waals surface area (Å²) in [5.74, 6) is -1.18. The second-order valence-corrected chi connectivity index (χ2v) is 9.92. The molecule has 214 valence electrons. The summed E-state index contributed by atoms with van der Waals surface area (Å²) in [4.78, 5) is 62.4. The lowest BCUT2D eigenvalue weighted by molar-refractivity contribution is -0.138. The molecule has 2 fully saturated rings. The van der Waals surface area contributed by atoms with Gasteiger partial charge in [0.2, 0.25) is 5.91 Å². The van der Waals surface area contributed by atoms with E-state index in [9.17, 15) is 24.3 Å². The van der Waals surface area contributed by atoms with Crippen molar-refractivity contribution in [2.45, 2.75) is 57.5 Å². The smallest absolute Gasteiger partial charge is 0.409 e. The standard InChI is InChI=1S/C28H36N6O6/c1-2-40-28(39)34-16-14-33(15-17-34)27(38)21(12-13-24(35)36)31-26(37)22-18-23(29-20-10-6-7-11-20)32-25(30-22)19-8-4-3-5-9-19/h3-5,8-9,18,20-21H,2,6-7,10-17H2,1H3,(H,31,37)(H,35,36)(H,29,30,32). The Morgan fingerprint density at radius 1 is 1.02 bits per heavy atom.